The summed E-state index contributed by atoms with van der Waals surface area (Å²) in [6.45, 7) is 5.64. The highest BCUT2D eigenvalue weighted by molar-refractivity contribution is 5.70. The summed E-state index contributed by atoms with van der Waals surface area (Å²) in [7, 11) is 0. The Hall–Kier alpha value is -0.570. The first-order chi connectivity index (χ1) is 5.45. The third-order valence-electron chi connectivity index (χ3n) is 2.01. The van der Waals surface area contributed by atoms with Crippen LogP contribution in [0.2, 0.25) is 0 Å². The van der Waals surface area contributed by atoms with Gasteiger partial charge in [-0.2, -0.15) is 0 Å². The molecule has 0 aliphatic carbocycles. The maximum atomic E-state index is 10.4. The minimum atomic E-state index is -0.925. The number of aliphatic carboxylic acids is 1. The molecule has 0 bridgehead atoms. The summed E-state index contributed by atoms with van der Waals surface area (Å²) < 4.78 is 0. The van der Waals surface area contributed by atoms with Gasteiger partial charge < -0.3 is 10.2 Å². The van der Waals surface area contributed by atoms with E-state index in [4.69, 9.17) is 5.11 Å². The second kappa shape index (κ2) is 5.14. The van der Waals surface area contributed by atoms with Crippen molar-refractivity contribution >= 4 is 5.97 Å². The van der Waals surface area contributed by atoms with Crippen LogP contribution in [-0.4, -0.2) is 22.3 Å². The molecule has 0 fully saturated rings. The molecule has 12 heavy (non-hydrogen) atoms. The van der Waals surface area contributed by atoms with Crippen molar-refractivity contribution in [1.29, 1.82) is 0 Å². The quantitative estimate of drug-likeness (QED) is 0.664. The van der Waals surface area contributed by atoms with Crippen molar-refractivity contribution in [2.45, 2.75) is 39.7 Å². The molecule has 0 aromatic rings. The third-order valence-corrected chi connectivity index (χ3v) is 2.01. The largest absolute Gasteiger partial charge is 0.481 e. The Balaban J connectivity index is 3.71. The van der Waals surface area contributed by atoms with Crippen LogP contribution in [0, 0.1) is 11.8 Å². The van der Waals surface area contributed by atoms with Crippen molar-refractivity contribution in [3.8, 4) is 0 Å². The van der Waals surface area contributed by atoms with Crippen LogP contribution in [0.5, 0.6) is 0 Å². The number of aliphatic hydroxyl groups is 1. The SMILES string of the molecule is CC(C)CCC(O)C(C)C(=O)O. The molecule has 3 heteroatoms. The summed E-state index contributed by atoms with van der Waals surface area (Å²) in [5, 5.41) is 17.9. The number of carboxylic acid groups (broad SMARTS) is 1. The average Bonchev–Trinajstić information content (AvgIpc) is 1.98. The van der Waals surface area contributed by atoms with Gasteiger partial charge in [0.2, 0.25) is 0 Å². The number of carbonyl (C=O) groups is 1. The molecule has 3 nitrogen and oxygen atoms in total. The fourth-order valence-electron chi connectivity index (χ4n) is 0.919. The van der Waals surface area contributed by atoms with Crippen molar-refractivity contribution in [3.05, 3.63) is 0 Å². The van der Waals surface area contributed by atoms with Gasteiger partial charge in [0.15, 0.2) is 0 Å². The fraction of sp³-hybridized carbons (Fsp3) is 0.889. The summed E-state index contributed by atoms with van der Waals surface area (Å²) in [6.07, 6.45) is 0.745. The standard InChI is InChI=1S/C9H18O3/c1-6(2)4-5-8(10)7(3)9(11)12/h6-8,10H,4-5H2,1-3H3,(H,11,12). The molecular weight excluding hydrogens is 156 g/mol. The predicted molar refractivity (Wildman–Crippen MR) is 46.9 cm³/mol. The van der Waals surface area contributed by atoms with Gasteiger partial charge in [-0.15, -0.1) is 0 Å². The normalized spacial score (nSPS) is 16.1. The monoisotopic (exact) mass is 174 g/mol. The molecule has 0 rings (SSSR count). The van der Waals surface area contributed by atoms with Crippen LogP contribution in [0.15, 0.2) is 0 Å². The van der Waals surface area contributed by atoms with E-state index in [2.05, 4.69) is 13.8 Å². The number of hydrogen-bond acceptors (Lipinski definition) is 2. The molecule has 2 atom stereocenters. The van der Waals surface area contributed by atoms with Gasteiger partial charge in [-0.25, -0.2) is 0 Å². The van der Waals surface area contributed by atoms with Crippen molar-refractivity contribution in [2.24, 2.45) is 11.8 Å². The summed E-state index contributed by atoms with van der Waals surface area (Å²) in [5.74, 6) is -1.06. The molecule has 0 saturated carbocycles. The van der Waals surface area contributed by atoms with Gasteiger partial charge in [0.1, 0.15) is 0 Å². The first-order valence-corrected chi connectivity index (χ1v) is 4.36. The van der Waals surface area contributed by atoms with Crippen molar-refractivity contribution in [1.82, 2.24) is 0 Å². The van der Waals surface area contributed by atoms with Crippen LogP contribution in [-0.2, 0) is 4.79 Å². The fourth-order valence-corrected chi connectivity index (χ4v) is 0.919. The zero-order valence-corrected chi connectivity index (χ0v) is 7.95. The van der Waals surface area contributed by atoms with Crippen molar-refractivity contribution in [2.75, 3.05) is 0 Å². The Labute approximate surface area is 73.4 Å². The van der Waals surface area contributed by atoms with Crippen LogP contribution in [0.4, 0.5) is 0 Å². The molecule has 72 valence electrons. The Morgan fingerprint density at radius 1 is 1.25 bits per heavy atom. The second-order valence-corrected chi connectivity index (χ2v) is 3.67. The topological polar surface area (TPSA) is 57.5 Å². The lowest BCUT2D eigenvalue weighted by Gasteiger charge is -2.15. The van der Waals surface area contributed by atoms with Gasteiger partial charge in [0.25, 0.3) is 0 Å². The summed E-state index contributed by atoms with van der Waals surface area (Å²) in [4.78, 5) is 10.4. The highest BCUT2D eigenvalue weighted by Gasteiger charge is 2.20. The van der Waals surface area contributed by atoms with Crippen LogP contribution >= 0.6 is 0 Å². The van der Waals surface area contributed by atoms with E-state index in [-0.39, 0.29) is 0 Å². The van der Waals surface area contributed by atoms with Gasteiger partial charge in [0.05, 0.1) is 12.0 Å². The average molecular weight is 174 g/mol. The molecule has 0 aliphatic rings. The van der Waals surface area contributed by atoms with Gasteiger partial charge in [-0.3, -0.25) is 4.79 Å². The highest BCUT2D eigenvalue weighted by Crippen LogP contribution is 2.13. The van der Waals surface area contributed by atoms with E-state index in [1.807, 2.05) is 0 Å². The first-order valence-electron chi connectivity index (χ1n) is 4.36. The predicted octanol–water partition coefficient (Wildman–Crippen LogP) is 1.50. The van der Waals surface area contributed by atoms with E-state index < -0.39 is 18.0 Å². The third kappa shape index (κ3) is 4.34. The molecule has 0 spiro atoms. The maximum absolute atomic E-state index is 10.4. The Morgan fingerprint density at radius 2 is 1.75 bits per heavy atom. The highest BCUT2D eigenvalue weighted by atomic mass is 16.4. The lowest BCUT2D eigenvalue weighted by atomic mass is 9.97. The Kier molecular flexibility index (Phi) is 4.90. The van der Waals surface area contributed by atoms with E-state index in [9.17, 15) is 9.90 Å². The molecule has 0 aromatic heterocycles. The Morgan fingerprint density at radius 3 is 2.08 bits per heavy atom. The molecule has 0 amide bonds. The molecule has 2 N–H and O–H groups in total. The first kappa shape index (κ1) is 11.4. The van der Waals surface area contributed by atoms with E-state index >= 15 is 0 Å². The minimum Gasteiger partial charge on any atom is -0.481 e. The summed E-state index contributed by atoms with van der Waals surface area (Å²) in [5.41, 5.74) is 0. The molecule has 2 unspecified atom stereocenters. The van der Waals surface area contributed by atoms with E-state index in [1.165, 1.54) is 6.92 Å². The lowest BCUT2D eigenvalue weighted by molar-refractivity contribution is -0.145. The smallest absolute Gasteiger partial charge is 0.308 e. The number of hydrogen-bond donors (Lipinski definition) is 2. The van der Waals surface area contributed by atoms with Crippen LogP contribution < -0.4 is 0 Å². The lowest BCUT2D eigenvalue weighted by Crippen LogP contribution is -2.25. The zero-order chi connectivity index (χ0) is 9.72. The van der Waals surface area contributed by atoms with E-state index in [1.54, 1.807) is 0 Å². The maximum Gasteiger partial charge on any atom is 0.308 e. The number of aliphatic hydroxyl groups excluding tert-OH is 1. The van der Waals surface area contributed by atoms with Gasteiger partial charge in [-0.05, 0) is 25.7 Å². The van der Waals surface area contributed by atoms with Crippen LogP contribution in [0.25, 0.3) is 0 Å². The van der Waals surface area contributed by atoms with Gasteiger partial charge >= 0.3 is 5.97 Å². The molecular formula is C9H18O3. The van der Waals surface area contributed by atoms with Crippen LogP contribution in [0.3, 0.4) is 0 Å². The van der Waals surface area contributed by atoms with Crippen molar-refractivity contribution in [3.63, 3.8) is 0 Å². The van der Waals surface area contributed by atoms with E-state index in [0.717, 1.165) is 6.42 Å². The number of carboxylic acids is 1. The molecule has 0 saturated heterocycles. The summed E-state index contributed by atoms with van der Waals surface area (Å²) >= 11 is 0. The summed E-state index contributed by atoms with van der Waals surface area (Å²) in [6, 6.07) is 0. The second-order valence-electron chi connectivity index (χ2n) is 3.67. The molecule has 0 aromatic carbocycles. The van der Waals surface area contributed by atoms with E-state index in [0.29, 0.717) is 12.3 Å². The Bertz CT molecular complexity index is 143. The van der Waals surface area contributed by atoms with Gasteiger partial charge in [0, 0.05) is 0 Å². The number of rotatable bonds is 5. The molecule has 0 radical (unpaired) electrons. The molecule has 0 aliphatic heterocycles. The van der Waals surface area contributed by atoms with Crippen LogP contribution in [0.1, 0.15) is 33.6 Å². The van der Waals surface area contributed by atoms with Crippen molar-refractivity contribution < 1.29 is 15.0 Å². The minimum absolute atomic E-state index is 0.514. The molecule has 0 heterocycles. The zero-order valence-electron chi connectivity index (χ0n) is 7.95. The van der Waals surface area contributed by atoms with Gasteiger partial charge in [-0.1, -0.05) is 13.8 Å².